The van der Waals surface area contributed by atoms with Gasteiger partial charge in [-0.2, -0.15) is 0 Å². The molecule has 1 atom stereocenters. The molecule has 0 bridgehead atoms. The molecule has 0 radical (unpaired) electrons. The smallest absolute Gasteiger partial charge is 0.132 e. The predicted molar refractivity (Wildman–Crippen MR) is 77.9 cm³/mol. The minimum absolute atomic E-state index is 0.157. The highest BCUT2D eigenvalue weighted by Crippen LogP contribution is 2.19. The first-order valence-corrected chi connectivity index (χ1v) is 7.06. The summed E-state index contributed by atoms with van der Waals surface area (Å²) in [5.74, 6) is 0.776. The third-order valence-electron chi connectivity index (χ3n) is 3.32. The standard InChI is InChI=1S/C15H16ClN3O/c16-13-8-18-15(19-9-13)7-11-1-3-12(4-2-11)14-10-17-5-6-20-14/h1-4,8-9,14,17H,5-7,10H2/t14-/m0/s1. The third kappa shape index (κ3) is 3.33. The summed E-state index contributed by atoms with van der Waals surface area (Å²) in [6.07, 6.45) is 4.12. The second-order valence-corrected chi connectivity index (χ2v) is 5.24. The molecule has 104 valence electrons. The number of morpholine rings is 1. The van der Waals surface area contributed by atoms with E-state index in [1.807, 2.05) is 0 Å². The SMILES string of the molecule is Clc1cnc(Cc2ccc([C@@H]3CNCCO3)cc2)nc1. The van der Waals surface area contributed by atoms with Crippen molar-refractivity contribution in [3.05, 3.63) is 58.6 Å². The van der Waals surface area contributed by atoms with E-state index in [9.17, 15) is 0 Å². The summed E-state index contributed by atoms with van der Waals surface area (Å²) in [6.45, 7) is 2.58. The van der Waals surface area contributed by atoms with E-state index < -0.39 is 0 Å². The maximum Gasteiger partial charge on any atom is 0.132 e. The lowest BCUT2D eigenvalue weighted by Gasteiger charge is -2.24. The van der Waals surface area contributed by atoms with Gasteiger partial charge in [0, 0.05) is 31.9 Å². The van der Waals surface area contributed by atoms with Gasteiger partial charge in [-0.3, -0.25) is 0 Å². The van der Waals surface area contributed by atoms with Gasteiger partial charge in [0.2, 0.25) is 0 Å². The van der Waals surface area contributed by atoms with Gasteiger partial charge in [-0.15, -0.1) is 0 Å². The quantitative estimate of drug-likeness (QED) is 0.942. The van der Waals surface area contributed by atoms with Crippen LogP contribution >= 0.6 is 11.6 Å². The number of nitrogens with one attached hydrogen (secondary N) is 1. The first kappa shape index (κ1) is 13.5. The molecular weight excluding hydrogens is 274 g/mol. The van der Waals surface area contributed by atoms with Gasteiger partial charge in [0.25, 0.3) is 0 Å². The number of hydrogen-bond acceptors (Lipinski definition) is 4. The van der Waals surface area contributed by atoms with Gasteiger partial charge in [0.05, 0.1) is 17.7 Å². The van der Waals surface area contributed by atoms with E-state index in [0.717, 1.165) is 25.5 Å². The first-order valence-electron chi connectivity index (χ1n) is 6.69. The lowest BCUT2D eigenvalue weighted by Crippen LogP contribution is -2.33. The Morgan fingerprint density at radius 2 is 1.95 bits per heavy atom. The van der Waals surface area contributed by atoms with E-state index in [4.69, 9.17) is 16.3 Å². The molecule has 0 amide bonds. The fourth-order valence-corrected chi connectivity index (χ4v) is 2.34. The van der Waals surface area contributed by atoms with Gasteiger partial charge in [0.1, 0.15) is 5.82 Å². The van der Waals surface area contributed by atoms with Crippen molar-refractivity contribution in [3.8, 4) is 0 Å². The number of halogens is 1. The molecule has 0 spiro atoms. The molecule has 1 aliphatic rings. The average molecular weight is 290 g/mol. The Hall–Kier alpha value is -1.49. The Morgan fingerprint density at radius 1 is 1.20 bits per heavy atom. The number of benzene rings is 1. The Balaban J connectivity index is 1.67. The molecule has 1 saturated heterocycles. The van der Waals surface area contributed by atoms with Crippen LogP contribution in [0.4, 0.5) is 0 Å². The molecular formula is C15H16ClN3O. The van der Waals surface area contributed by atoms with Crippen molar-refractivity contribution in [2.45, 2.75) is 12.5 Å². The van der Waals surface area contributed by atoms with Crippen LogP contribution in [0.1, 0.15) is 23.1 Å². The largest absolute Gasteiger partial charge is 0.371 e. The lowest BCUT2D eigenvalue weighted by molar-refractivity contribution is 0.0277. The van der Waals surface area contributed by atoms with Crippen molar-refractivity contribution < 1.29 is 4.74 Å². The van der Waals surface area contributed by atoms with Gasteiger partial charge in [-0.1, -0.05) is 35.9 Å². The van der Waals surface area contributed by atoms with Crippen molar-refractivity contribution in [3.63, 3.8) is 0 Å². The zero-order valence-electron chi connectivity index (χ0n) is 11.1. The Labute approximate surface area is 123 Å². The number of hydrogen-bond donors (Lipinski definition) is 1. The number of aromatic nitrogens is 2. The lowest BCUT2D eigenvalue weighted by atomic mass is 10.0. The van der Waals surface area contributed by atoms with Gasteiger partial charge in [0.15, 0.2) is 0 Å². The van der Waals surface area contributed by atoms with Crippen molar-refractivity contribution in [1.29, 1.82) is 0 Å². The maximum atomic E-state index is 5.78. The second-order valence-electron chi connectivity index (χ2n) is 4.80. The minimum Gasteiger partial charge on any atom is -0.371 e. The predicted octanol–water partition coefficient (Wildman–Crippen LogP) is 2.38. The van der Waals surface area contributed by atoms with Crippen LogP contribution in [-0.4, -0.2) is 29.7 Å². The molecule has 2 heterocycles. The van der Waals surface area contributed by atoms with Crippen LogP contribution in [0.15, 0.2) is 36.7 Å². The maximum absolute atomic E-state index is 5.78. The summed E-state index contributed by atoms with van der Waals surface area (Å²) in [5, 5.41) is 3.90. The molecule has 0 unspecified atom stereocenters. The molecule has 1 fully saturated rings. The van der Waals surface area contributed by atoms with Crippen LogP contribution in [0, 0.1) is 0 Å². The molecule has 1 N–H and O–H groups in total. The number of nitrogens with zero attached hydrogens (tertiary/aromatic N) is 2. The molecule has 1 aliphatic heterocycles. The molecule has 1 aromatic heterocycles. The van der Waals surface area contributed by atoms with Gasteiger partial charge < -0.3 is 10.1 Å². The van der Waals surface area contributed by atoms with Crippen LogP contribution in [0.5, 0.6) is 0 Å². The van der Waals surface area contributed by atoms with Crippen molar-refractivity contribution in [2.75, 3.05) is 19.7 Å². The van der Waals surface area contributed by atoms with E-state index in [1.54, 1.807) is 12.4 Å². The molecule has 3 rings (SSSR count). The molecule has 4 nitrogen and oxygen atoms in total. The fraction of sp³-hybridized carbons (Fsp3) is 0.333. The second kappa shape index (κ2) is 6.31. The Morgan fingerprint density at radius 3 is 2.60 bits per heavy atom. The Kier molecular flexibility index (Phi) is 4.25. The molecule has 0 aliphatic carbocycles. The normalized spacial score (nSPS) is 18.9. The van der Waals surface area contributed by atoms with Crippen LogP contribution in [0.2, 0.25) is 5.02 Å². The molecule has 1 aromatic carbocycles. The Bertz CT molecular complexity index is 550. The summed E-state index contributed by atoms with van der Waals surface area (Å²) in [6, 6.07) is 8.43. The highest BCUT2D eigenvalue weighted by atomic mass is 35.5. The van der Waals surface area contributed by atoms with E-state index in [2.05, 4.69) is 39.6 Å². The molecule has 2 aromatic rings. The zero-order chi connectivity index (χ0) is 13.8. The topological polar surface area (TPSA) is 47.0 Å². The average Bonchev–Trinajstić information content (AvgIpc) is 2.51. The number of rotatable bonds is 3. The number of ether oxygens (including phenoxy) is 1. The van der Waals surface area contributed by atoms with Gasteiger partial charge in [-0.25, -0.2) is 9.97 Å². The molecule has 20 heavy (non-hydrogen) atoms. The zero-order valence-corrected chi connectivity index (χ0v) is 11.8. The third-order valence-corrected chi connectivity index (χ3v) is 3.51. The summed E-state index contributed by atoms with van der Waals surface area (Å²) >= 11 is 5.78. The summed E-state index contributed by atoms with van der Waals surface area (Å²) in [5.41, 5.74) is 2.39. The fourth-order valence-electron chi connectivity index (χ4n) is 2.24. The van der Waals surface area contributed by atoms with Crippen LogP contribution in [0.25, 0.3) is 0 Å². The van der Waals surface area contributed by atoms with E-state index in [1.165, 1.54) is 11.1 Å². The minimum atomic E-state index is 0.157. The summed E-state index contributed by atoms with van der Waals surface area (Å²) < 4.78 is 5.73. The van der Waals surface area contributed by atoms with Crippen LogP contribution < -0.4 is 5.32 Å². The van der Waals surface area contributed by atoms with E-state index >= 15 is 0 Å². The molecule has 5 heteroatoms. The van der Waals surface area contributed by atoms with Crippen molar-refractivity contribution in [2.24, 2.45) is 0 Å². The first-order chi connectivity index (χ1) is 9.81. The van der Waals surface area contributed by atoms with Crippen LogP contribution in [-0.2, 0) is 11.2 Å². The highest BCUT2D eigenvalue weighted by molar-refractivity contribution is 6.30. The summed E-state index contributed by atoms with van der Waals surface area (Å²) in [7, 11) is 0. The van der Waals surface area contributed by atoms with Crippen molar-refractivity contribution >= 4 is 11.6 Å². The van der Waals surface area contributed by atoms with Crippen molar-refractivity contribution in [1.82, 2.24) is 15.3 Å². The molecule has 0 saturated carbocycles. The monoisotopic (exact) mass is 289 g/mol. The van der Waals surface area contributed by atoms with Gasteiger partial charge in [-0.05, 0) is 11.1 Å². The van der Waals surface area contributed by atoms with Gasteiger partial charge >= 0.3 is 0 Å². The van der Waals surface area contributed by atoms with E-state index in [0.29, 0.717) is 11.4 Å². The summed E-state index contributed by atoms with van der Waals surface area (Å²) in [4.78, 5) is 8.42. The highest BCUT2D eigenvalue weighted by Gasteiger charge is 2.15. The van der Waals surface area contributed by atoms with E-state index in [-0.39, 0.29) is 6.10 Å². The van der Waals surface area contributed by atoms with Crippen LogP contribution in [0.3, 0.4) is 0 Å².